The molecule has 4 heteroatoms. The molecule has 118 valence electrons. The Labute approximate surface area is 128 Å². The van der Waals surface area contributed by atoms with E-state index in [0.717, 1.165) is 38.4 Å². The number of nitrogens with zero attached hydrogens (tertiary/aromatic N) is 1. The molecule has 2 N–H and O–H groups in total. The predicted molar refractivity (Wildman–Crippen MR) is 85.7 cm³/mol. The van der Waals surface area contributed by atoms with Crippen LogP contribution in [-0.4, -0.2) is 50.9 Å². The molecule has 0 amide bonds. The molecule has 1 fully saturated rings. The Kier molecular flexibility index (Phi) is 6.49. The summed E-state index contributed by atoms with van der Waals surface area (Å²) in [6.45, 7) is 6.79. The lowest BCUT2D eigenvalue weighted by Crippen LogP contribution is -2.45. The molecule has 1 aliphatic rings. The van der Waals surface area contributed by atoms with E-state index in [4.69, 9.17) is 15.2 Å². The molecule has 4 nitrogen and oxygen atoms in total. The van der Waals surface area contributed by atoms with Crippen LogP contribution in [0.4, 0.5) is 0 Å². The molecule has 1 heterocycles. The van der Waals surface area contributed by atoms with Gasteiger partial charge >= 0.3 is 0 Å². The normalized spacial score (nSPS) is 23.2. The van der Waals surface area contributed by atoms with Crippen LogP contribution in [0.2, 0.25) is 0 Å². The van der Waals surface area contributed by atoms with Crippen LogP contribution in [0.3, 0.4) is 0 Å². The summed E-state index contributed by atoms with van der Waals surface area (Å²) in [7, 11) is 1.81. The van der Waals surface area contributed by atoms with Crippen LogP contribution in [-0.2, 0) is 11.2 Å². The van der Waals surface area contributed by atoms with Crippen molar-refractivity contribution in [2.24, 2.45) is 11.7 Å². The number of hydrogen-bond donors (Lipinski definition) is 1. The molecule has 0 bridgehead atoms. The van der Waals surface area contributed by atoms with Crippen molar-refractivity contribution >= 4 is 0 Å². The standard InChI is InChI=1S/C17H28N2O2/c1-14-8-10-19(13-17(14)20-2)11-12-21-16-5-3-15(4-6-16)7-9-18/h3-6,14,17H,7-13,18H2,1-2H3. The molecule has 21 heavy (non-hydrogen) atoms. The van der Waals surface area contributed by atoms with E-state index in [0.29, 0.717) is 18.6 Å². The predicted octanol–water partition coefficient (Wildman–Crippen LogP) is 1.92. The van der Waals surface area contributed by atoms with Gasteiger partial charge in [0, 0.05) is 20.2 Å². The van der Waals surface area contributed by atoms with E-state index in [1.807, 2.05) is 19.2 Å². The Morgan fingerprint density at radius 2 is 2.05 bits per heavy atom. The molecule has 1 aromatic carbocycles. The number of likely N-dealkylation sites (tertiary alicyclic amines) is 1. The molecule has 0 aromatic heterocycles. The van der Waals surface area contributed by atoms with E-state index in [1.165, 1.54) is 12.0 Å². The fraction of sp³-hybridized carbons (Fsp3) is 0.647. The smallest absolute Gasteiger partial charge is 0.119 e. The van der Waals surface area contributed by atoms with Crippen LogP contribution in [0, 0.1) is 5.92 Å². The molecule has 2 unspecified atom stereocenters. The third kappa shape index (κ3) is 4.99. The number of nitrogens with two attached hydrogens (primary N) is 1. The minimum Gasteiger partial charge on any atom is -0.492 e. The molecule has 0 aliphatic carbocycles. The summed E-state index contributed by atoms with van der Waals surface area (Å²) >= 11 is 0. The van der Waals surface area contributed by atoms with E-state index in [9.17, 15) is 0 Å². The molecule has 0 saturated carbocycles. The van der Waals surface area contributed by atoms with Gasteiger partial charge < -0.3 is 15.2 Å². The molecule has 1 aliphatic heterocycles. The fourth-order valence-electron chi connectivity index (χ4n) is 2.82. The average Bonchev–Trinajstić information content (AvgIpc) is 2.51. The van der Waals surface area contributed by atoms with Crippen LogP contribution >= 0.6 is 0 Å². The summed E-state index contributed by atoms with van der Waals surface area (Å²) < 4.78 is 11.4. The number of rotatable bonds is 7. The van der Waals surface area contributed by atoms with Crippen molar-refractivity contribution in [3.63, 3.8) is 0 Å². The lowest BCUT2D eigenvalue weighted by Gasteiger charge is -2.36. The minimum absolute atomic E-state index is 0.356. The molecular weight excluding hydrogens is 264 g/mol. The maximum atomic E-state index is 5.82. The van der Waals surface area contributed by atoms with Crippen molar-refractivity contribution in [3.8, 4) is 5.75 Å². The second-order valence-corrected chi connectivity index (χ2v) is 5.87. The first-order valence-electron chi connectivity index (χ1n) is 7.90. The Bertz CT molecular complexity index is 408. The third-order valence-corrected chi connectivity index (χ3v) is 4.31. The maximum Gasteiger partial charge on any atom is 0.119 e. The largest absolute Gasteiger partial charge is 0.492 e. The Hall–Kier alpha value is -1.10. The summed E-state index contributed by atoms with van der Waals surface area (Å²) in [6.07, 6.45) is 2.48. The van der Waals surface area contributed by atoms with Crippen LogP contribution < -0.4 is 10.5 Å². The van der Waals surface area contributed by atoms with Gasteiger partial charge in [0.2, 0.25) is 0 Å². The SMILES string of the molecule is COC1CN(CCOc2ccc(CCN)cc2)CCC1C. The van der Waals surface area contributed by atoms with Gasteiger partial charge in [-0.15, -0.1) is 0 Å². The van der Waals surface area contributed by atoms with Crippen molar-refractivity contribution in [1.29, 1.82) is 0 Å². The zero-order valence-corrected chi connectivity index (χ0v) is 13.3. The van der Waals surface area contributed by atoms with Gasteiger partial charge in [-0.25, -0.2) is 0 Å². The number of methoxy groups -OCH3 is 1. The molecule has 0 radical (unpaired) electrons. The first-order valence-corrected chi connectivity index (χ1v) is 7.90. The van der Waals surface area contributed by atoms with Gasteiger partial charge in [-0.1, -0.05) is 19.1 Å². The first-order chi connectivity index (χ1) is 10.2. The van der Waals surface area contributed by atoms with Gasteiger partial charge in [-0.2, -0.15) is 0 Å². The van der Waals surface area contributed by atoms with E-state index in [-0.39, 0.29) is 0 Å². The summed E-state index contributed by atoms with van der Waals surface area (Å²) in [5, 5.41) is 0. The van der Waals surface area contributed by atoms with Crippen LogP contribution in [0.1, 0.15) is 18.9 Å². The highest BCUT2D eigenvalue weighted by molar-refractivity contribution is 5.27. The summed E-state index contributed by atoms with van der Waals surface area (Å²) in [5.41, 5.74) is 6.81. The zero-order chi connectivity index (χ0) is 15.1. The topological polar surface area (TPSA) is 47.7 Å². The highest BCUT2D eigenvalue weighted by Gasteiger charge is 2.25. The number of ether oxygens (including phenoxy) is 2. The van der Waals surface area contributed by atoms with E-state index in [1.54, 1.807) is 0 Å². The average molecular weight is 292 g/mol. The van der Waals surface area contributed by atoms with Crippen LogP contribution in [0.5, 0.6) is 5.75 Å². The van der Waals surface area contributed by atoms with Gasteiger partial charge in [-0.3, -0.25) is 4.90 Å². The van der Waals surface area contributed by atoms with Gasteiger partial charge in [0.25, 0.3) is 0 Å². The monoisotopic (exact) mass is 292 g/mol. The first kappa shape index (κ1) is 16.3. The van der Waals surface area contributed by atoms with Gasteiger partial charge in [0.1, 0.15) is 12.4 Å². The Morgan fingerprint density at radius 1 is 1.29 bits per heavy atom. The molecule has 0 spiro atoms. The van der Waals surface area contributed by atoms with Crippen molar-refractivity contribution in [3.05, 3.63) is 29.8 Å². The number of piperidine rings is 1. The van der Waals surface area contributed by atoms with E-state index >= 15 is 0 Å². The number of hydrogen-bond acceptors (Lipinski definition) is 4. The quantitative estimate of drug-likeness (QED) is 0.834. The summed E-state index contributed by atoms with van der Waals surface area (Å²) in [4.78, 5) is 2.43. The van der Waals surface area contributed by atoms with Gasteiger partial charge in [-0.05, 0) is 49.5 Å². The third-order valence-electron chi connectivity index (χ3n) is 4.31. The lowest BCUT2D eigenvalue weighted by atomic mass is 9.96. The molecular formula is C17H28N2O2. The van der Waals surface area contributed by atoms with Crippen molar-refractivity contribution < 1.29 is 9.47 Å². The van der Waals surface area contributed by atoms with Crippen LogP contribution in [0.15, 0.2) is 24.3 Å². The highest BCUT2D eigenvalue weighted by atomic mass is 16.5. The lowest BCUT2D eigenvalue weighted by molar-refractivity contribution is -0.00788. The summed E-state index contributed by atoms with van der Waals surface area (Å²) in [6, 6.07) is 8.24. The molecule has 2 rings (SSSR count). The van der Waals surface area contributed by atoms with E-state index in [2.05, 4.69) is 24.0 Å². The van der Waals surface area contributed by atoms with E-state index < -0.39 is 0 Å². The highest BCUT2D eigenvalue weighted by Crippen LogP contribution is 2.19. The van der Waals surface area contributed by atoms with Gasteiger partial charge in [0.05, 0.1) is 6.10 Å². The second-order valence-electron chi connectivity index (χ2n) is 5.87. The van der Waals surface area contributed by atoms with Gasteiger partial charge in [0.15, 0.2) is 0 Å². The van der Waals surface area contributed by atoms with Crippen molar-refractivity contribution in [2.75, 3.05) is 39.9 Å². The Balaban J connectivity index is 1.71. The fourth-order valence-corrected chi connectivity index (χ4v) is 2.82. The summed E-state index contributed by atoms with van der Waals surface area (Å²) in [5.74, 6) is 1.59. The van der Waals surface area contributed by atoms with Crippen molar-refractivity contribution in [1.82, 2.24) is 4.90 Å². The van der Waals surface area contributed by atoms with Crippen molar-refractivity contribution in [2.45, 2.75) is 25.9 Å². The zero-order valence-electron chi connectivity index (χ0n) is 13.3. The number of benzene rings is 1. The van der Waals surface area contributed by atoms with Crippen LogP contribution in [0.25, 0.3) is 0 Å². The molecule has 1 saturated heterocycles. The Morgan fingerprint density at radius 3 is 2.71 bits per heavy atom. The molecule has 1 aromatic rings. The second kappa shape index (κ2) is 8.37. The minimum atomic E-state index is 0.356. The molecule has 2 atom stereocenters. The maximum absolute atomic E-state index is 5.82.